The van der Waals surface area contributed by atoms with Crippen LogP contribution in [0.2, 0.25) is 0 Å². The van der Waals surface area contributed by atoms with E-state index in [-0.39, 0.29) is 36.8 Å². The van der Waals surface area contributed by atoms with Gasteiger partial charge in [-0.15, -0.1) is 0 Å². The Bertz CT molecular complexity index is 901. The van der Waals surface area contributed by atoms with E-state index >= 15 is 0 Å². The van der Waals surface area contributed by atoms with Crippen LogP contribution in [-0.4, -0.2) is 29.5 Å². The molecule has 0 amide bonds. The average molecular weight is 463 g/mol. The molecule has 1 heterocycles. The summed E-state index contributed by atoms with van der Waals surface area (Å²) in [6.45, 7) is 1.26. The van der Waals surface area contributed by atoms with Gasteiger partial charge in [-0.05, 0) is 31.0 Å². The number of halogens is 3. The van der Waals surface area contributed by atoms with E-state index in [0.717, 1.165) is 19.4 Å². The number of aliphatic hydroxyl groups excluding tert-OH is 2. The molecule has 4 nitrogen and oxygen atoms in total. The smallest absolute Gasteiger partial charge is 0.128 e. The van der Waals surface area contributed by atoms with Crippen LogP contribution in [0.25, 0.3) is 0 Å². The lowest BCUT2D eigenvalue weighted by Crippen LogP contribution is -2.14. The van der Waals surface area contributed by atoms with Gasteiger partial charge in [-0.25, -0.2) is 13.2 Å². The van der Waals surface area contributed by atoms with Crippen LogP contribution < -0.4 is 0 Å². The minimum Gasteiger partial charge on any atom is -0.392 e. The van der Waals surface area contributed by atoms with E-state index in [1.807, 2.05) is 6.07 Å². The van der Waals surface area contributed by atoms with E-state index in [9.17, 15) is 13.2 Å². The van der Waals surface area contributed by atoms with Crippen LogP contribution in [0.15, 0.2) is 72.8 Å². The maximum Gasteiger partial charge on any atom is 0.128 e. The fourth-order valence-corrected chi connectivity index (χ4v) is 2.94. The lowest BCUT2D eigenvalue weighted by atomic mass is 10.2. The summed E-state index contributed by atoms with van der Waals surface area (Å²) in [6.07, 6.45) is 2.36. The molecule has 0 radical (unpaired) electrons. The molecule has 3 aromatic rings. The Morgan fingerprint density at radius 3 is 1.55 bits per heavy atom. The van der Waals surface area contributed by atoms with Gasteiger partial charge in [0.15, 0.2) is 0 Å². The molecule has 178 valence electrons. The Labute approximate surface area is 192 Å². The Morgan fingerprint density at radius 1 is 0.727 bits per heavy atom. The van der Waals surface area contributed by atoms with Crippen LogP contribution in [0.3, 0.4) is 0 Å². The van der Waals surface area contributed by atoms with Crippen molar-refractivity contribution in [2.24, 2.45) is 0 Å². The molecule has 7 heteroatoms. The van der Waals surface area contributed by atoms with E-state index in [4.69, 9.17) is 19.7 Å². The molecule has 0 saturated carbocycles. The van der Waals surface area contributed by atoms with Gasteiger partial charge in [-0.3, -0.25) is 0 Å². The maximum absolute atomic E-state index is 13.2. The quantitative estimate of drug-likeness (QED) is 0.532. The molecule has 4 rings (SSSR count). The van der Waals surface area contributed by atoms with Gasteiger partial charge in [-0.1, -0.05) is 54.6 Å². The topological polar surface area (TPSA) is 58.9 Å². The molecule has 0 aliphatic carbocycles. The second kappa shape index (κ2) is 15.2. The van der Waals surface area contributed by atoms with Crippen LogP contribution in [0.1, 0.15) is 29.5 Å². The molecular formula is C26H29F3O4. The van der Waals surface area contributed by atoms with E-state index in [1.165, 1.54) is 18.2 Å². The lowest BCUT2D eigenvalue weighted by molar-refractivity contribution is 0.00983. The second-order valence-electron chi connectivity index (χ2n) is 7.24. The standard InChI is InChI=1S/C12H15FO2.2C7H7FO/c13-12-6-2-1-4-10(12)8-14-9-11-5-3-7-15-11;2*8-7-4-2-1-3-6(7)5-9/h1-2,4,6,11H,3,5,7-9H2;2*1-4,9H,5H2/t11-;;/m0../s1. The minimum absolute atomic E-state index is 0.204. The first kappa shape index (κ1) is 26.5. The highest BCUT2D eigenvalue weighted by Gasteiger charge is 2.15. The number of hydrogen-bond acceptors (Lipinski definition) is 4. The largest absolute Gasteiger partial charge is 0.392 e. The zero-order valence-electron chi connectivity index (χ0n) is 18.3. The van der Waals surface area contributed by atoms with Crippen molar-refractivity contribution in [3.05, 3.63) is 107 Å². The summed E-state index contributed by atoms with van der Waals surface area (Å²) in [6, 6.07) is 19.0. The highest BCUT2D eigenvalue weighted by Crippen LogP contribution is 2.14. The molecule has 3 aromatic carbocycles. The average Bonchev–Trinajstić information content (AvgIpc) is 3.35. The molecule has 1 aliphatic heterocycles. The number of ether oxygens (including phenoxy) is 2. The van der Waals surface area contributed by atoms with Crippen LogP contribution in [0.4, 0.5) is 13.2 Å². The first-order valence-corrected chi connectivity index (χ1v) is 10.7. The van der Waals surface area contributed by atoms with Crippen molar-refractivity contribution in [1.82, 2.24) is 0 Å². The van der Waals surface area contributed by atoms with Crippen molar-refractivity contribution in [2.45, 2.75) is 38.8 Å². The Kier molecular flexibility index (Phi) is 12.2. The molecule has 0 unspecified atom stereocenters. The number of aliphatic hydroxyl groups is 2. The third-order valence-corrected chi connectivity index (χ3v) is 4.80. The highest BCUT2D eigenvalue weighted by atomic mass is 19.1. The summed E-state index contributed by atoms with van der Waals surface area (Å²) < 4.78 is 48.9. The van der Waals surface area contributed by atoms with Gasteiger partial charge in [0, 0.05) is 23.3 Å². The van der Waals surface area contributed by atoms with Gasteiger partial charge < -0.3 is 19.7 Å². The highest BCUT2D eigenvalue weighted by molar-refractivity contribution is 5.17. The number of benzene rings is 3. The summed E-state index contributed by atoms with van der Waals surface area (Å²) in [5.41, 5.74) is 1.30. The Balaban J connectivity index is 0.000000186. The summed E-state index contributed by atoms with van der Waals surface area (Å²) >= 11 is 0. The van der Waals surface area contributed by atoms with Crippen LogP contribution in [0.5, 0.6) is 0 Å². The monoisotopic (exact) mass is 462 g/mol. The molecule has 33 heavy (non-hydrogen) atoms. The van der Waals surface area contributed by atoms with Crippen molar-refractivity contribution in [2.75, 3.05) is 13.2 Å². The van der Waals surface area contributed by atoms with Crippen molar-refractivity contribution < 1.29 is 32.9 Å². The minimum atomic E-state index is -0.347. The molecule has 1 atom stereocenters. The zero-order valence-corrected chi connectivity index (χ0v) is 18.3. The molecular weight excluding hydrogens is 433 g/mol. The van der Waals surface area contributed by atoms with Gasteiger partial charge in [0.25, 0.3) is 0 Å². The van der Waals surface area contributed by atoms with Gasteiger partial charge >= 0.3 is 0 Å². The van der Waals surface area contributed by atoms with Crippen molar-refractivity contribution in [3.8, 4) is 0 Å². The van der Waals surface area contributed by atoms with Crippen molar-refractivity contribution in [3.63, 3.8) is 0 Å². The third kappa shape index (κ3) is 9.75. The summed E-state index contributed by atoms with van der Waals surface area (Å²) in [5, 5.41) is 17.0. The SMILES string of the molecule is Fc1ccccc1COC[C@@H]1CCCO1.OCc1ccccc1F.OCc1ccccc1F. The van der Waals surface area contributed by atoms with E-state index in [2.05, 4.69) is 0 Å². The maximum atomic E-state index is 13.2. The lowest BCUT2D eigenvalue weighted by Gasteiger charge is -2.10. The number of rotatable bonds is 6. The predicted molar refractivity (Wildman–Crippen MR) is 120 cm³/mol. The van der Waals surface area contributed by atoms with Crippen LogP contribution in [0, 0.1) is 17.5 Å². The van der Waals surface area contributed by atoms with Gasteiger partial charge in [-0.2, -0.15) is 0 Å². The molecule has 0 spiro atoms. The Hall–Kier alpha value is -2.71. The normalized spacial score (nSPS) is 14.6. The zero-order chi connectivity index (χ0) is 23.9. The van der Waals surface area contributed by atoms with Gasteiger partial charge in [0.2, 0.25) is 0 Å². The second-order valence-corrected chi connectivity index (χ2v) is 7.24. The van der Waals surface area contributed by atoms with Gasteiger partial charge in [0.1, 0.15) is 17.5 Å². The molecule has 1 fully saturated rings. The molecule has 0 aromatic heterocycles. The molecule has 0 bridgehead atoms. The van der Waals surface area contributed by atoms with E-state index < -0.39 is 0 Å². The summed E-state index contributed by atoms with van der Waals surface area (Å²) in [5.74, 6) is -0.898. The van der Waals surface area contributed by atoms with Crippen LogP contribution >= 0.6 is 0 Å². The first-order valence-electron chi connectivity index (χ1n) is 10.7. The van der Waals surface area contributed by atoms with Crippen molar-refractivity contribution >= 4 is 0 Å². The summed E-state index contributed by atoms with van der Waals surface area (Å²) in [7, 11) is 0. The number of hydrogen-bond donors (Lipinski definition) is 2. The van der Waals surface area contributed by atoms with E-state index in [0.29, 0.717) is 29.9 Å². The fraction of sp³-hybridized carbons (Fsp3) is 0.308. The third-order valence-electron chi connectivity index (χ3n) is 4.80. The molecule has 2 N–H and O–H groups in total. The predicted octanol–water partition coefficient (Wildman–Crippen LogP) is 5.16. The van der Waals surface area contributed by atoms with Crippen LogP contribution in [-0.2, 0) is 29.3 Å². The van der Waals surface area contributed by atoms with Gasteiger partial charge in [0.05, 0.1) is 32.5 Å². The first-order chi connectivity index (χ1) is 16.0. The summed E-state index contributed by atoms with van der Waals surface area (Å²) in [4.78, 5) is 0. The molecule has 1 saturated heterocycles. The Morgan fingerprint density at radius 2 is 1.18 bits per heavy atom. The van der Waals surface area contributed by atoms with Crippen molar-refractivity contribution in [1.29, 1.82) is 0 Å². The molecule has 1 aliphatic rings. The fourth-order valence-electron chi connectivity index (χ4n) is 2.94. The van der Waals surface area contributed by atoms with E-state index in [1.54, 1.807) is 48.5 Å².